The second kappa shape index (κ2) is 9.25. The Kier molecular flexibility index (Phi) is 7.03. The summed E-state index contributed by atoms with van der Waals surface area (Å²) in [6, 6.07) is 8.95. The van der Waals surface area contributed by atoms with Crippen molar-refractivity contribution in [3.8, 4) is 0 Å². The SMILES string of the molecule is C=CCON(C(=O)Cl)C1C=C(C)CN(C(=O)OCc2ccccc2)C1. The van der Waals surface area contributed by atoms with Crippen molar-refractivity contribution in [3.63, 3.8) is 0 Å². The van der Waals surface area contributed by atoms with Crippen LogP contribution < -0.4 is 0 Å². The van der Waals surface area contributed by atoms with Crippen LogP contribution in [0, 0.1) is 0 Å². The summed E-state index contributed by atoms with van der Waals surface area (Å²) in [4.78, 5) is 30.8. The van der Waals surface area contributed by atoms with Crippen molar-refractivity contribution in [2.45, 2.75) is 19.6 Å². The van der Waals surface area contributed by atoms with Crippen LogP contribution in [0.1, 0.15) is 12.5 Å². The predicted octanol–water partition coefficient (Wildman–Crippen LogP) is 3.73. The number of nitrogens with zero attached hydrogens (tertiary/aromatic N) is 2. The van der Waals surface area contributed by atoms with Gasteiger partial charge in [-0.3, -0.25) is 9.63 Å². The Morgan fingerprint density at radius 1 is 1.40 bits per heavy atom. The summed E-state index contributed by atoms with van der Waals surface area (Å²) in [7, 11) is 0. The van der Waals surface area contributed by atoms with Crippen LogP contribution in [0.15, 0.2) is 54.6 Å². The lowest BCUT2D eigenvalue weighted by atomic mass is 10.1. The van der Waals surface area contributed by atoms with E-state index in [0.717, 1.165) is 16.2 Å². The lowest BCUT2D eigenvalue weighted by Gasteiger charge is -2.35. The fourth-order valence-corrected chi connectivity index (χ4v) is 2.70. The smallest absolute Gasteiger partial charge is 0.410 e. The number of hydrogen-bond acceptors (Lipinski definition) is 4. The fraction of sp³-hybridized carbons (Fsp3) is 0.333. The molecule has 0 fully saturated rings. The van der Waals surface area contributed by atoms with Gasteiger partial charge >= 0.3 is 11.5 Å². The molecule has 1 heterocycles. The van der Waals surface area contributed by atoms with Gasteiger partial charge in [-0.05, 0) is 24.1 Å². The van der Waals surface area contributed by atoms with Crippen molar-refractivity contribution in [2.75, 3.05) is 19.7 Å². The molecule has 25 heavy (non-hydrogen) atoms. The highest BCUT2D eigenvalue weighted by atomic mass is 35.5. The van der Waals surface area contributed by atoms with E-state index in [1.165, 1.54) is 11.0 Å². The van der Waals surface area contributed by atoms with Crippen LogP contribution in [0.25, 0.3) is 0 Å². The molecule has 1 aromatic carbocycles. The van der Waals surface area contributed by atoms with E-state index in [2.05, 4.69) is 6.58 Å². The molecular formula is C18H21ClN2O4. The summed E-state index contributed by atoms with van der Waals surface area (Å²) < 4.78 is 5.35. The molecule has 0 bridgehead atoms. The lowest BCUT2D eigenvalue weighted by molar-refractivity contribution is -0.120. The molecule has 0 aliphatic carbocycles. The molecule has 0 saturated heterocycles. The Balaban J connectivity index is 2.00. The largest absolute Gasteiger partial charge is 0.445 e. The van der Waals surface area contributed by atoms with Crippen molar-refractivity contribution < 1.29 is 19.2 Å². The molecule has 1 aliphatic heterocycles. The maximum atomic E-state index is 12.4. The van der Waals surface area contributed by atoms with Gasteiger partial charge in [0.2, 0.25) is 0 Å². The first-order valence-electron chi connectivity index (χ1n) is 7.86. The Hall–Kier alpha value is -2.31. The van der Waals surface area contributed by atoms with Crippen LogP contribution in [0.2, 0.25) is 0 Å². The minimum absolute atomic E-state index is 0.139. The number of carbonyl (C=O) groups excluding carboxylic acids is 2. The number of rotatable bonds is 6. The number of hydroxylamine groups is 2. The summed E-state index contributed by atoms with van der Waals surface area (Å²) in [5.74, 6) is 0. The number of ether oxygens (including phenoxy) is 1. The third-order valence-electron chi connectivity index (χ3n) is 3.59. The summed E-state index contributed by atoms with van der Waals surface area (Å²) in [6.45, 7) is 6.40. The van der Waals surface area contributed by atoms with Crippen molar-refractivity contribution in [3.05, 3.63) is 60.2 Å². The monoisotopic (exact) mass is 364 g/mol. The number of amides is 2. The fourth-order valence-electron chi connectivity index (χ4n) is 2.53. The third kappa shape index (κ3) is 5.62. The molecule has 1 atom stereocenters. The molecule has 7 heteroatoms. The zero-order valence-electron chi connectivity index (χ0n) is 14.1. The molecular weight excluding hydrogens is 344 g/mol. The van der Waals surface area contributed by atoms with Gasteiger partial charge in [-0.2, -0.15) is 5.06 Å². The number of benzene rings is 1. The Bertz CT molecular complexity index is 648. The summed E-state index contributed by atoms with van der Waals surface area (Å²) in [5, 5.41) is 0.291. The molecule has 0 saturated carbocycles. The van der Waals surface area contributed by atoms with Crippen LogP contribution in [-0.2, 0) is 16.2 Å². The molecule has 6 nitrogen and oxygen atoms in total. The average Bonchev–Trinajstić information content (AvgIpc) is 2.60. The lowest BCUT2D eigenvalue weighted by Crippen LogP contribution is -2.49. The molecule has 1 aromatic rings. The second-order valence-electron chi connectivity index (χ2n) is 5.66. The Morgan fingerprint density at radius 3 is 2.76 bits per heavy atom. The zero-order valence-corrected chi connectivity index (χ0v) is 14.8. The summed E-state index contributed by atoms with van der Waals surface area (Å²) in [5.41, 5.74) is 1.82. The molecule has 0 N–H and O–H groups in total. The molecule has 0 radical (unpaired) electrons. The van der Waals surface area contributed by atoms with E-state index in [-0.39, 0.29) is 19.8 Å². The standard InChI is InChI=1S/C18H21ClN2O4/c1-3-9-25-21(17(19)22)16-10-14(2)11-20(12-16)18(23)24-13-15-7-5-4-6-8-15/h3-8,10,16H,1,9,11-13H2,2H3. The minimum Gasteiger partial charge on any atom is -0.445 e. The molecule has 1 unspecified atom stereocenters. The number of halogens is 1. The summed E-state index contributed by atoms with van der Waals surface area (Å²) >= 11 is 5.59. The zero-order chi connectivity index (χ0) is 18.2. The maximum absolute atomic E-state index is 12.4. The van der Waals surface area contributed by atoms with E-state index in [0.29, 0.717) is 6.54 Å². The van der Waals surface area contributed by atoms with Crippen molar-refractivity contribution in [2.24, 2.45) is 0 Å². The van der Waals surface area contributed by atoms with Gasteiger partial charge in [0.25, 0.3) is 0 Å². The van der Waals surface area contributed by atoms with Gasteiger partial charge < -0.3 is 9.64 Å². The normalized spacial score (nSPS) is 16.8. The Labute approximate surface area is 152 Å². The van der Waals surface area contributed by atoms with Crippen LogP contribution in [0.5, 0.6) is 0 Å². The van der Waals surface area contributed by atoms with Gasteiger partial charge in [0.15, 0.2) is 0 Å². The molecule has 2 amide bonds. The summed E-state index contributed by atoms with van der Waals surface area (Å²) in [6.07, 6.45) is 2.91. The molecule has 0 aromatic heterocycles. The first-order chi connectivity index (χ1) is 12.0. The van der Waals surface area contributed by atoms with E-state index >= 15 is 0 Å². The Morgan fingerprint density at radius 2 is 2.12 bits per heavy atom. The van der Waals surface area contributed by atoms with Crippen LogP contribution in [-0.4, -0.2) is 47.2 Å². The first-order valence-corrected chi connectivity index (χ1v) is 8.24. The second-order valence-corrected chi connectivity index (χ2v) is 5.99. The molecule has 1 aliphatic rings. The molecule has 134 valence electrons. The van der Waals surface area contributed by atoms with Crippen LogP contribution >= 0.6 is 11.6 Å². The maximum Gasteiger partial charge on any atom is 0.410 e. The van der Waals surface area contributed by atoms with E-state index in [4.69, 9.17) is 21.2 Å². The van der Waals surface area contributed by atoms with E-state index in [9.17, 15) is 9.59 Å². The third-order valence-corrected chi connectivity index (χ3v) is 3.76. The molecule has 0 spiro atoms. The van der Waals surface area contributed by atoms with E-state index < -0.39 is 17.5 Å². The quantitative estimate of drug-likeness (QED) is 0.334. The van der Waals surface area contributed by atoms with Gasteiger partial charge in [-0.25, -0.2) is 4.79 Å². The highest BCUT2D eigenvalue weighted by Gasteiger charge is 2.30. The topological polar surface area (TPSA) is 59.1 Å². The van der Waals surface area contributed by atoms with Gasteiger partial charge in [0, 0.05) is 6.54 Å². The minimum atomic E-state index is -0.754. The predicted molar refractivity (Wildman–Crippen MR) is 95.0 cm³/mol. The molecule has 2 rings (SSSR count). The van der Waals surface area contributed by atoms with E-state index in [1.54, 1.807) is 0 Å². The highest BCUT2D eigenvalue weighted by molar-refractivity contribution is 6.62. The van der Waals surface area contributed by atoms with Crippen LogP contribution in [0.4, 0.5) is 9.59 Å². The van der Waals surface area contributed by atoms with Gasteiger partial charge in [-0.15, -0.1) is 6.58 Å². The first kappa shape index (κ1) is 19.0. The van der Waals surface area contributed by atoms with Crippen molar-refractivity contribution in [1.29, 1.82) is 0 Å². The van der Waals surface area contributed by atoms with Crippen LogP contribution in [0.3, 0.4) is 0 Å². The van der Waals surface area contributed by atoms with Gasteiger partial charge in [-0.1, -0.05) is 48.1 Å². The van der Waals surface area contributed by atoms with Crippen molar-refractivity contribution in [1.82, 2.24) is 9.96 Å². The van der Waals surface area contributed by atoms with Crippen molar-refractivity contribution >= 4 is 23.1 Å². The average molecular weight is 365 g/mol. The van der Waals surface area contributed by atoms with E-state index in [1.807, 2.05) is 43.3 Å². The highest BCUT2D eigenvalue weighted by Crippen LogP contribution is 2.18. The number of carbonyl (C=O) groups is 2. The number of hydrogen-bond donors (Lipinski definition) is 0. The van der Waals surface area contributed by atoms with Gasteiger partial charge in [0.05, 0.1) is 19.2 Å². The van der Waals surface area contributed by atoms with Gasteiger partial charge in [0.1, 0.15) is 6.61 Å².